The fourth-order valence-corrected chi connectivity index (χ4v) is 5.59. The first-order valence-electron chi connectivity index (χ1n) is 12.8. The zero-order valence-corrected chi connectivity index (χ0v) is 22.3. The topological polar surface area (TPSA) is 133 Å². The third-order valence-electron chi connectivity index (χ3n) is 7.33. The Hall–Kier alpha value is -4.41. The second-order valence-electron chi connectivity index (χ2n) is 10.3. The standard InChI is InChI=1S/C29H29F2N3O6/c1-13(2)33-22-10-8-18-23(15-5-9-20-21(11-15)40-29(30,31)39-20)25(28(36)37)24(26(18)34-22)17-7-6-16(38-4)12-19(17)14(3)27(32)35/h5-14,23-25H,1-4H3,(H2,32,35)(H,33,34)(H,36,37)/t14?,23-,24-,25+/m0/s1. The third-order valence-corrected chi connectivity index (χ3v) is 7.33. The molecule has 2 heterocycles. The molecule has 2 aromatic carbocycles. The molecule has 0 saturated heterocycles. The smallest absolute Gasteiger partial charge is 0.497 e. The van der Waals surface area contributed by atoms with Gasteiger partial charge in [0, 0.05) is 17.9 Å². The fraction of sp³-hybridized carbons (Fsp3) is 0.345. The minimum atomic E-state index is -3.81. The number of carboxylic acids is 1. The Kier molecular flexibility index (Phi) is 6.77. The van der Waals surface area contributed by atoms with E-state index in [9.17, 15) is 23.5 Å². The van der Waals surface area contributed by atoms with Crippen molar-refractivity contribution in [2.24, 2.45) is 11.7 Å². The van der Waals surface area contributed by atoms with Gasteiger partial charge in [0.25, 0.3) is 0 Å². The number of nitrogens with one attached hydrogen (secondary N) is 1. The minimum Gasteiger partial charge on any atom is -0.497 e. The van der Waals surface area contributed by atoms with Crippen LogP contribution in [-0.2, 0) is 9.59 Å². The zero-order valence-electron chi connectivity index (χ0n) is 22.3. The van der Waals surface area contributed by atoms with E-state index in [1.165, 1.54) is 19.2 Å². The molecule has 3 aromatic rings. The Morgan fingerprint density at radius 1 is 1.02 bits per heavy atom. The first kappa shape index (κ1) is 27.2. The number of halogens is 2. The molecule has 1 aliphatic carbocycles. The summed E-state index contributed by atoms with van der Waals surface area (Å²) in [5.41, 5.74) is 8.31. The Balaban J connectivity index is 1.73. The molecule has 210 valence electrons. The normalized spacial score (nSPS) is 21.1. The summed E-state index contributed by atoms with van der Waals surface area (Å²) >= 11 is 0. The molecule has 1 aliphatic heterocycles. The number of aliphatic carboxylic acids is 1. The number of fused-ring (bicyclic) bond motifs is 2. The Morgan fingerprint density at radius 2 is 1.73 bits per heavy atom. The number of hydrogen-bond donors (Lipinski definition) is 3. The van der Waals surface area contributed by atoms with Crippen LogP contribution in [-0.4, -0.2) is 41.4 Å². The lowest BCUT2D eigenvalue weighted by Gasteiger charge is -2.25. The van der Waals surface area contributed by atoms with Gasteiger partial charge in [0.05, 0.1) is 24.6 Å². The molecule has 0 bridgehead atoms. The van der Waals surface area contributed by atoms with Crippen LogP contribution in [0.25, 0.3) is 0 Å². The third kappa shape index (κ3) is 4.76. The SMILES string of the molecule is COc1ccc([C@@H]2c3nc(NC(C)C)ccc3[C@H](c3ccc4c(c3)OC(F)(F)O4)[C@H]2C(=O)O)c(C(C)C(N)=O)c1. The van der Waals surface area contributed by atoms with Crippen molar-refractivity contribution in [2.75, 3.05) is 12.4 Å². The first-order valence-corrected chi connectivity index (χ1v) is 12.8. The molecule has 5 rings (SSSR count). The van der Waals surface area contributed by atoms with Crippen LogP contribution in [0, 0.1) is 5.92 Å². The van der Waals surface area contributed by atoms with Gasteiger partial charge < -0.3 is 30.4 Å². The molecule has 0 fully saturated rings. The van der Waals surface area contributed by atoms with E-state index < -0.39 is 41.8 Å². The number of benzene rings is 2. The largest absolute Gasteiger partial charge is 0.586 e. The van der Waals surface area contributed by atoms with Crippen LogP contribution in [0.5, 0.6) is 17.2 Å². The Labute approximate surface area is 229 Å². The van der Waals surface area contributed by atoms with Crippen molar-refractivity contribution in [1.29, 1.82) is 0 Å². The maximum absolute atomic E-state index is 13.8. The molecular weight excluding hydrogens is 524 g/mol. The molecule has 40 heavy (non-hydrogen) atoms. The lowest BCUT2D eigenvalue weighted by molar-refractivity contribution is -0.286. The van der Waals surface area contributed by atoms with E-state index in [0.29, 0.717) is 39.5 Å². The number of rotatable bonds is 8. The van der Waals surface area contributed by atoms with Crippen LogP contribution in [0.4, 0.5) is 14.6 Å². The van der Waals surface area contributed by atoms with Crippen molar-refractivity contribution in [3.8, 4) is 17.2 Å². The summed E-state index contributed by atoms with van der Waals surface area (Å²) in [5.74, 6) is -4.45. The number of nitrogens with zero attached hydrogens (tertiary/aromatic N) is 1. The van der Waals surface area contributed by atoms with E-state index in [1.807, 2.05) is 13.8 Å². The zero-order chi connectivity index (χ0) is 28.9. The van der Waals surface area contributed by atoms with E-state index >= 15 is 0 Å². The predicted molar refractivity (Wildman–Crippen MR) is 141 cm³/mol. The molecule has 2 aliphatic rings. The highest BCUT2D eigenvalue weighted by Crippen LogP contribution is 2.55. The number of anilines is 1. The van der Waals surface area contributed by atoms with E-state index in [4.69, 9.17) is 15.5 Å². The maximum Gasteiger partial charge on any atom is 0.586 e. The number of nitrogens with two attached hydrogens (primary N) is 1. The summed E-state index contributed by atoms with van der Waals surface area (Å²) < 4.78 is 42.1. The van der Waals surface area contributed by atoms with Crippen molar-refractivity contribution >= 4 is 17.7 Å². The molecule has 1 unspecified atom stereocenters. The van der Waals surface area contributed by atoms with Gasteiger partial charge in [-0.15, -0.1) is 8.78 Å². The van der Waals surface area contributed by atoms with Gasteiger partial charge in [-0.3, -0.25) is 9.59 Å². The molecule has 0 radical (unpaired) electrons. The minimum absolute atomic E-state index is 0.0541. The molecule has 9 nitrogen and oxygen atoms in total. The number of aromatic nitrogens is 1. The average molecular weight is 554 g/mol. The van der Waals surface area contributed by atoms with Crippen molar-refractivity contribution in [3.05, 3.63) is 76.5 Å². The van der Waals surface area contributed by atoms with Crippen LogP contribution >= 0.6 is 0 Å². The number of primary amides is 1. The monoisotopic (exact) mass is 553 g/mol. The van der Waals surface area contributed by atoms with E-state index in [1.54, 1.807) is 43.3 Å². The number of carboxylic acid groups (broad SMARTS) is 1. The summed E-state index contributed by atoms with van der Waals surface area (Å²) in [6, 6.07) is 13.0. The number of hydrogen-bond acceptors (Lipinski definition) is 7. The second-order valence-corrected chi connectivity index (χ2v) is 10.3. The number of ether oxygens (including phenoxy) is 3. The Bertz CT molecular complexity index is 1490. The summed E-state index contributed by atoms with van der Waals surface area (Å²) in [7, 11) is 1.49. The van der Waals surface area contributed by atoms with Crippen LogP contribution in [0.2, 0.25) is 0 Å². The van der Waals surface area contributed by atoms with Crippen molar-refractivity contribution < 1.29 is 37.7 Å². The van der Waals surface area contributed by atoms with E-state index in [0.717, 1.165) is 0 Å². The fourth-order valence-electron chi connectivity index (χ4n) is 5.59. The number of carbonyl (C=O) groups excluding carboxylic acids is 1. The summed E-state index contributed by atoms with van der Waals surface area (Å²) in [6.07, 6.45) is -3.81. The van der Waals surface area contributed by atoms with Crippen molar-refractivity contribution in [1.82, 2.24) is 4.98 Å². The van der Waals surface area contributed by atoms with Gasteiger partial charge >= 0.3 is 12.3 Å². The van der Waals surface area contributed by atoms with Crippen LogP contribution < -0.4 is 25.3 Å². The first-order chi connectivity index (χ1) is 18.9. The molecular formula is C29H29F2N3O6. The molecule has 0 spiro atoms. The predicted octanol–water partition coefficient (Wildman–Crippen LogP) is 4.80. The molecule has 0 saturated carbocycles. The molecule has 1 aromatic heterocycles. The van der Waals surface area contributed by atoms with Gasteiger partial charge in [0.15, 0.2) is 11.5 Å². The second kappa shape index (κ2) is 9.96. The lowest BCUT2D eigenvalue weighted by atomic mass is 9.77. The van der Waals surface area contributed by atoms with Crippen LogP contribution in [0.3, 0.4) is 0 Å². The number of alkyl halides is 2. The quantitative estimate of drug-likeness (QED) is 0.362. The van der Waals surface area contributed by atoms with Crippen LogP contribution in [0.1, 0.15) is 66.5 Å². The van der Waals surface area contributed by atoms with E-state index in [-0.39, 0.29) is 17.5 Å². The summed E-state index contributed by atoms with van der Waals surface area (Å²) in [4.78, 5) is 30.2. The molecule has 4 atom stereocenters. The van der Waals surface area contributed by atoms with Gasteiger partial charge in [0.2, 0.25) is 5.91 Å². The molecule has 11 heteroatoms. The van der Waals surface area contributed by atoms with Crippen LogP contribution in [0.15, 0.2) is 48.5 Å². The number of methoxy groups -OCH3 is 1. The van der Waals surface area contributed by atoms with Gasteiger partial charge in [-0.2, -0.15) is 0 Å². The number of amides is 1. The van der Waals surface area contributed by atoms with Gasteiger partial charge in [-0.25, -0.2) is 4.98 Å². The lowest BCUT2D eigenvalue weighted by Crippen LogP contribution is -2.26. The summed E-state index contributed by atoms with van der Waals surface area (Å²) in [5, 5.41) is 13.9. The van der Waals surface area contributed by atoms with Crippen molar-refractivity contribution in [3.63, 3.8) is 0 Å². The van der Waals surface area contributed by atoms with Gasteiger partial charge in [-0.1, -0.05) is 18.2 Å². The Morgan fingerprint density at radius 3 is 2.38 bits per heavy atom. The molecule has 1 amide bonds. The van der Waals surface area contributed by atoms with Crippen molar-refractivity contribution in [2.45, 2.75) is 50.9 Å². The maximum atomic E-state index is 13.8. The number of pyridine rings is 1. The van der Waals surface area contributed by atoms with Gasteiger partial charge in [0.1, 0.15) is 11.6 Å². The summed E-state index contributed by atoms with van der Waals surface area (Å²) in [6.45, 7) is 5.55. The van der Waals surface area contributed by atoms with E-state index in [2.05, 4.69) is 14.8 Å². The highest BCUT2D eigenvalue weighted by atomic mass is 19.3. The number of carbonyl (C=O) groups is 2. The molecule has 4 N–H and O–H groups in total. The highest BCUT2D eigenvalue weighted by molar-refractivity contribution is 5.83. The van der Waals surface area contributed by atoms with Gasteiger partial charge in [-0.05, 0) is 73.4 Å². The highest BCUT2D eigenvalue weighted by Gasteiger charge is 2.50. The average Bonchev–Trinajstić information content (AvgIpc) is 3.39.